The molecule has 3 nitrogen and oxygen atoms in total. The van der Waals surface area contributed by atoms with Crippen molar-refractivity contribution in [3.63, 3.8) is 0 Å². The molecule has 0 aromatic rings. The van der Waals surface area contributed by atoms with Gasteiger partial charge in [-0.15, -0.1) is 23.5 Å². The van der Waals surface area contributed by atoms with E-state index in [1.54, 1.807) is 7.11 Å². The summed E-state index contributed by atoms with van der Waals surface area (Å²) in [5.74, 6) is 2.64. The zero-order valence-corrected chi connectivity index (χ0v) is 10.8. The Morgan fingerprint density at radius 1 is 1.40 bits per heavy atom. The second-order valence-electron chi connectivity index (χ2n) is 4.07. The molecule has 0 aromatic heterocycles. The summed E-state index contributed by atoms with van der Waals surface area (Å²) in [6, 6.07) is 0. The van der Waals surface area contributed by atoms with Gasteiger partial charge in [0, 0.05) is 20.0 Å². The largest absolute Gasteiger partial charge is 0.470 e. The fraction of sp³-hybridized carbons (Fsp3) is 0.900. The third-order valence-corrected chi connectivity index (χ3v) is 6.62. The Morgan fingerprint density at radius 3 is 2.53 bits per heavy atom. The SMILES string of the molecule is COC1(C2(C)CCC(=N)O2)SCCCS1. The van der Waals surface area contributed by atoms with Crippen LogP contribution in [0.5, 0.6) is 0 Å². The van der Waals surface area contributed by atoms with Crippen molar-refractivity contribution in [3.05, 3.63) is 0 Å². The Morgan fingerprint density at radius 2 is 2.07 bits per heavy atom. The zero-order chi connectivity index (χ0) is 10.9. The zero-order valence-electron chi connectivity index (χ0n) is 9.17. The van der Waals surface area contributed by atoms with Crippen LogP contribution in [-0.2, 0) is 9.47 Å². The van der Waals surface area contributed by atoms with E-state index in [9.17, 15) is 0 Å². The number of hydrogen-bond acceptors (Lipinski definition) is 5. The van der Waals surface area contributed by atoms with Gasteiger partial charge in [0.15, 0.2) is 15.8 Å². The molecule has 0 saturated carbocycles. The summed E-state index contributed by atoms with van der Waals surface area (Å²) in [4.78, 5) is 0. The van der Waals surface area contributed by atoms with E-state index in [0.29, 0.717) is 5.90 Å². The van der Waals surface area contributed by atoms with Crippen LogP contribution in [0.3, 0.4) is 0 Å². The molecule has 2 heterocycles. The Balaban J connectivity index is 2.20. The fourth-order valence-electron chi connectivity index (χ4n) is 2.09. The van der Waals surface area contributed by atoms with E-state index in [1.165, 1.54) is 6.42 Å². The number of thioether (sulfide) groups is 2. The van der Waals surface area contributed by atoms with E-state index in [4.69, 9.17) is 14.9 Å². The van der Waals surface area contributed by atoms with Crippen molar-refractivity contribution in [2.45, 2.75) is 36.1 Å². The molecule has 0 spiro atoms. The van der Waals surface area contributed by atoms with Crippen LogP contribution in [0, 0.1) is 5.41 Å². The molecule has 0 amide bonds. The minimum Gasteiger partial charge on any atom is -0.470 e. The van der Waals surface area contributed by atoms with Crippen molar-refractivity contribution in [3.8, 4) is 0 Å². The number of hydrogen-bond donors (Lipinski definition) is 1. The molecule has 2 aliphatic rings. The third-order valence-electron chi connectivity index (χ3n) is 2.97. The van der Waals surface area contributed by atoms with Crippen molar-refractivity contribution in [2.24, 2.45) is 0 Å². The van der Waals surface area contributed by atoms with Gasteiger partial charge in [-0.2, -0.15) is 0 Å². The minimum absolute atomic E-state index is 0.311. The van der Waals surface area contributed by atoms with E-state index in [0.717, 1.165) is 24.3 Å². The van der Waals surface area contributed by atoms with Gasteiger partial charge >= 0.3 is 0 Å². The summed E-state index contributed by atoms with van der Waals surface area (Å²) in [6.45, 7) is 2.07. The van der Waals surface area contributed by atoms with Gasteiger partial charge in [0.2, 0.25) is 0 Å². The van der Waals surface area contributed by atoms with Gasteiger partial charge in [-0.3, -0.25) is 5.41 Å². The van der Waals surface area contributed by atoms with Gasteiger partial charge in [-0.25, -0.2) is 0 Å². The molecule has 1 unspecified atom stereocenters. The highest BCUT2D eigenvalue weighted by Gasteiger charge is 2.55. The molecule has 1 N–H and O–H groups in total. The predicted octanol–water partition coefficient (Wildman–Crippen LogP) is 2.70. The summed E-state index contributed by atoms with van der Waals surface area (Å²) >= 11 is 3.66. The van der Waals surface area contributed by atoms with Crippen LogP contribution in [-0.4, -0.2) is 34.4 Å². The van der Waals surface area contributed by atoms with Crippen LogP contribution in [0.2, 0.25) is 0 Å². The van der Waals surface area contributed by atoms with Gasteiger partial charge in [0.05, 0.1) is 0 Å². The summed E-state index contributed by atoms with van der Waals surface area (Å²) in [5, 5.41) is 7.59. The second-order valence-corrected chi connectivity index (χ2v) is 6.87. The number of rotatable bonds is 2. The molecule has 2 aliphatic heterocycles. The first-order valence-electron chi connectivity index (χ1n) is 5.21. The summed E-state index contributed by atoms with van der Waals surface area (Å²) < 4.78 is 11.1. The van der Waals surface area contributed by atoms with Gasteiger partial charge in [-0.05, 0) is 24.9 Å². The highest BCUT2D eigenvalue weighted by molar-refractivity contribution is 8.18. The normalized spacial score (nSPS) is 35.2. The van der Waals surface area contributed by atoms with E-state index >= 15 is 0 Å². The van der Waals surface area contributed by atoms with Crippen LogP contribution in [0.15, 0.2) is 0 Å². The molecule has 15 heavy (non-hydrogen) atoms. The Hall–Kier alpha value is 0.130. The van der Waals surface area contributed by atoms with Crippen LogP contribution >= 0.6 is 23.5 Å². The number of methoxy groups -OCH3 is 1. The Labute approximate surface area is 99.2 Å². The standard InChI is InChI=1S/C10H17NO2S2/c1-9(5-4-8(11)13-9)10(12-2)14-6-3-7-15-10/h11H,3-7H2,1-2H3. The van der Waals surface area contributed by atoms with Crippen molar-refractivity contribution in [1.82, 2.24) is 0 Å². The first kappa shape index (κ1) is 11.6. The molecule has 86 valence electrons. The minimum atomic E-state index is -0.339. The highest BCUT2D eigenvalue weighted by Crippen LogP contribution is 2.54. The molecule has 2 saturated heterocycles. The van der Waals surface area contributed by atoms with E-state index < -0.39 is 0 Å². The third kappa shape index (κ3) is 1.89. The van der Waals surface area contributed by atoms with Gasteiger partial charge in [0.25, 0.3) is 0 Å². The van der Waals surface area contributed by atoms with Crippen molar-refractivity contribution in [1.29, 1.82) is 5.41 Å². The summed E-state index contributed by atoms with van der Waals surface area (Å²) in [6.07, 6.45) is 2.86. The topological polar surface area (TPSA) is 42.3 Å². The van der Waals surface area contributed by atoms with Crippen molar-refractivity contribution in [2.75, 3.05) is 18.6 Å². The predicted molar refractivity (Wildman–Crippen MR) is 65.7 cm³/mol. The Kier molecular flexibility index (Phi) is 3.24. The van der Waals surface area contributed by atoms with Crippen LogP contribution in [0.1, 0.15) is 26.2 Å². The molecule has 0 aliphatic carbocycles. The average Bonchev–Trinajstić information content (AvgIpc) is 2.61. The number of nitrogens with one attached hydrogen (secondary N) is 1. The second kappa shape index (κ2) is 4.18. The molecular formula is C10H17NO2S2. The van der Waals surface area contributed by atoms with E-state index in [1.807, 2.05) is 23.5 Å². The fourth-order valence-corrected chi connectivity index (χ4v) is 5.36. The maximum atomic E-state index is 7.59. The molecule has 5 heteroatoms. The summed E-state index contributed by atoms with van der Waals surface area (Å²) in [7, 11) is 1.75. The molecule has 0 aromatic carbocycles. The van der Waals surface area contributed by atoms with Crippen molar-refractivity contribution < 1.29 is 9.47 Å². The Bertz CT molecular complexity index is 266. The number of ether oxygens (including phenoxy) is 2. The maximum Gasteiger partial charge on any atom is 0.200 e. The lowest BCUT2D eigenvalue weighted by Gasteiger charge is -2.44. The summed E-state index contributed by atoms with van der Waals surface area (Å²) in [5.41, 5.74) is -0.339. The molecule has 1 atom stereocenters. The van der Waals surface area contributed by atoms with Crippen LogP contribution < -0.4 is 0 Å². The highest BCUT2D eigenvalue weighted by atomic mass is 32.2. The molecular weight excluding hydrogens is 230 g/mol. The smallest absolute Gasteiger partial charge is 0.200 e. The lowest BCUT2D eigenvalue weighted by atomic mass is 10.0. The average molecular weight is 247 g/mol. The van der Waals surface area contributed by atoms with E-state index in [-0.39, 0.29) is 9.87 Å². The molecule has 0 bridgehead atoms. The lowest BCUT2D eigenvalue weighted by Crippen LogP contribution is -2.50. The van der Waals surface area contributed by atoms with Crippen LogP contribution in [0.4, 0.5) is 0 Å². The maximum absolute atomic E-state index is 7.59. The van der Waals surface area contributed by atoms with E-state index in [2.05, 4.69) is 6.92 Å². The monoisotopic (exact) mass is 247 g/mol. The van der Waals surface area contributed by atoms with Crippen molar-refractivity contribution >= 4 is 29.4 Å². The molecule has 0 radical (unpaired) electrons. The molecule has 2 rings (SSSR count). The lowest BCUT2D eigenvalue weighted by molar-refractivity contribution is -0.0315. The first-order chi connectivity index (χ1) is 7.12. The van der Waals surface area contributed by atoms with Gasteiger partial charge in [-0.1, -0.05) is 0 Å². The first-order valence-corrected chi connectivity index (χ1v) is 7.18. The molecule has 2 fully saturated rings. The quantitative estimate of drug-likeness (QED) is 0.814. The van der Waals surface area contributed by atoms with Crippen LogP contribution in [0.25, 0.3) is 0 Å². The van der Waals surface area contributed by atoms with Gasteiger partial charge in [0.1, 0.15) is 0 Å². The van der Waals surface area contributed by atoms with Gasteiger partial charge < -0.3 is 9.47 Å².